The van der Waals surface area contributed by atoms with E-state index in [4.69, 9.17) is 0 Å². The van der Waals surface area contributed by atoms with Crippen LogP contribution in [0.1, 0.15) is 29.7 Å². The fraction of sp³-hybridized carbons (Fsp3) is 0.125. The van der Waals surface area contributed by atoms with Gasteiger partial charge in [-0.15, -0.1) is 0 Å². The second kappa shape index (κ2) is 7.09. The van der Waals surface area contributed by atoms with Gasteiger partial charge in [-0.2, -0.15) is 5.10 Å². The molecule has 1 aliphatic rings. The summed E-state index contributed by atoms with van der Waals surface area (Å²) in [6.45, 7) is 0. The first-order chi connectivity index (χ1) is 14.2. The van der Waals surface area contributed by atoms with E-state index < -0.39 is 0 Å². The Kier molecular flexibility index (Phi) is 4.28. The predicted molar refractivity (Wildman–Crippen MR) is 111 cm³/mol. The highest BCUT2D eigenvalue weighted by molar-refractivity contribution is 6.26. The molecule has 5 rings (SSSR count). The van der Waals surface area contributed by atoms with Gasteiger partial charge < -0.3 is 0 Å². The number of carbonyl (C=O) groups excluding carboxylic acids is 1. The molecule has 0 saturated heterocycles. The van der Waals surface area contributed by atoms with Gasteiger partial charge in [-0.05, 0) is 78.6 Å². The molecule has 2 aromatic heterocycles. The van der Waals surface area contributed by atoms with Gasteiger partial charge >= 0.3 is 0 Å². The fourth-order valence-corrected chi connectivity index (χ4v) is 3.85. The van der Waals surface area contributed by atoms with E-state index in [9.17, 15) is 9.18 Å². The van der Waals surface area contributed by atoms with Crippen molar-refractivity contribution in [1.82, 2.24) is 14.8 Å². The molecule has 0 atom stereocenters. The fourth-order valence-electron chi connectivity index (χ4n) is 3.85. The molecule has 4 aromatic rings. The predicted octanol–water partition coefficient (Wildman–Crippen LogP) is 5.01. The van der Waals surface area contributed by atoms with Gasteiger partial charge in [-0.25, -0.2) is 9.07 Å². The lowest BCUT2D eigenvalue weighted by Crippen LogP contribution is -2.01. The number of aryl methyl sites for hydroxylation is 1. The number of ketones is 1. The molecule has 142 valence electrons. The van der Waals surface area contributed by atoms with Crippen molar-refractivity contribution in [2.45, 2.75) is 19.3 Å². The number of hydrogen-bond acceptors (Lipinski definition) is 3. The van der Waals surface area contributed by atoms with Crippen LogP contribution in [-0.4, -0.2) is 20.5 Å². The first-order valence-corrected chi connectivity index (χ1v) is 9.62. The van der Waals surface area contributed by atoms with Crippen LogP contribution in [0.25, 0.3) is 28.2 Å². The zero-order valence-corrected chi connectivity index (χ0v) is 15.7. The van der Waals surface area contributed by atoms with Crippen molar-refractivity contribution < 1.29 is 9.18 Å². The molecule has 0 bridgehead atoms. The Morgan fingerprint density at radius 3 is 2.69 bits per heavy atom. The Labute approximate surface area is 167 Å². The van der Waals surface area contributed by atoms with Crippen LogP contribution in [0.5, 0.6) is 0 Å². The van der Waals surface area contributed by atoms with Crippen LogP contribution < -0.4 is 0 Å². The number of rotatable bonds is 2. The summed E-state index contributed by atoms with van der Waals surface area (Å²) in [4.78, 5) is 17.2. The zero-order valence-electron chi connectivity index (χ0n) is 15.7. The van der Waals surface area contributed by atoms with Crippen molar-refractivity contribution >= 4 is 28.3 Å². The number of Topliss-reactive ketones (excluding diaryl/α,β-unsaturated/α-hetero) is 1. The molecule has 0 N–H and O–H groups in total. The lowest BCUT2D eigenvalue weighted by molar-refractivity contribution is -0.113. The molecule has 0 unspecified atom stereocenters. The Hall–Kier alpha value is -3.60. The highest BCUT2D eigenvalue weighted by atomic mass is 19.1. The van der Waals surface area contributed by atoms with Gasteiger partial charge in [0.1, 0.15) is 5.82 Å². The number of nitrogens with zero attached hydrogens (tertiary/aromatic N) is 3. The van der Waals surface area contributed by atoms with Gasteiger partial charge in [0, 0.05) is 23.6 Å². The third-order valence-corrected chi connectivity index (χ3v) is 5.28. The highest BCUT2D eigenvalue weighted by Gasteiger charge is 2.21. The SMILES string of the molecule is O=C1CCCc2cc3c(cnn3-c3ccc(F)cc3)cc2C1=Cc1ccccn1. The van der Waals surface area contributed by atoms with Gasteiger partial charge in [0.25, 0.3) is 0 Å². The van der Waals surface area contributed by atoms with E-state index >= 15 is 0 Å². The molecular weight excluding hydrogens is 365 g/mol. The van der Waals surface area contributed by atoms with E-state index in [1.807, 2.05) is 35.0 Å². The number of hydrogen-bond donors (Lipinski definition) is 0. The second-order valence-corrected chi connectivity index (χ2v) is 7.19. The minimum absolute atomic E-state index is 0.139. The van der Waals surface area contributed by atoms with Gasteiger partial charge in [-0.3, -0.25) is 9.78 Å². The van der Waals surface area contributed by atoms with Gasteiger partial charge in [0.05, 0.1) is 23.1 Å². The number of halogens is 1. The summed E-state index contributed by atoms with van der Waals surface area (Å²) in [6.07, 6.45) is 7.54. The highest BCUT2D eigenvalue weighted by Crippen LogP contribution is 2.33. The molecule has 2 aromatic carbocycles. The van der Waals surface area contributed by atoms with Gasteiger partial charge in [0.2, 0.25) is 0 Å². The number of pyridine rings is 1. The molecular formula is C24H18FN3O. The number of carbonyl (C=O) groups is 1. The van der Waals surface area contributed by atoms with Gasteiger partial charge in [0.15, 0.2) is 5.78 Å². The van der Waals surface area contributed by atoms with E-state index in [-0.39, 0.29) is 11.6 Å². The summed E-state index contributed by atoms with van der Waals surface area (Å²) in [6, 6.07) is 16.1. The number of fused-ring (bicyclic) bond motifs is 2. The quantitative estimate of drug-likeness (QED) is 0.361. The zero-order chi connectivity index (χ0) is 19.8. The molecule has 1 aliphatic carbocycles. The van der Waals surface area contributed by atoms with E-state index in [1.165, 1.54) is 12.1 Å². The van der Waals surface area contributed by atoms with E-state index in [2.05, 4.69) is 16.1 Å². The van der Waals surface area contributed by atoms with E-state index in [0.717, 1.165) is 46.3 Å². The number of allylic oxidation sites excluding steroid dienone is 1. The average molecular weight is 383 g/mol. The molecule has 0 amide bonds. The molecule has 0 fully saturated rings. The maximum absolute atomic E-state index is 13.3. The normalized spacial score (nSPS) is 15.5. The van der Waals surface area contributed by atoms with Gasteiger partial charge in [-0.1, -0.05) is 6.07 Å². The summed E-state index contributed by atoms with van der Waals surface area (Å²) in [5.74, 6) is -0.137. The largest absolute Gasteiger partial charge is 0.294 e. The van der Waals surface area contributed by atoms with E-state index in [0.29, 0.717) is 12.0 Å². The van der Waals surface area contributed by atoms with Crippen molar-refractivity contribution in [2.75, 3.05) is 0 Å². The first-order valence-electron chi connectivity index (χ1n) is 9.62. The van der Waals surface area contributed by atoms with Crippen molar-refractivity contribution in [2.24, 2.45) is 0 Å². The van der Waals surface area contributed by atoms with E-state index in [1.54, 1.807) is 24.5 Å². The maximum atomic E-state index is 13.3. The summed E-state index contributed by atoms with van der Waals surface area (Å²) in [5, 5.41) is 5.43. The number of benzene rings is 2. The molecule has 0 saturated carbocycles. The van der Waals surface area contributed by atoms with Crippen LogP contribution in [0.2, 0.25) is 0 Å². The van der Waals surface area contributed by atoms with Crippen LogP contribution in [0.3, 0.4) is 0 Å². The second-order valence-electron chi connectivity index (χ2n) is 7.19. The maximum Gasteiger partial charge on any atom is 0.163 e. The third-order valence-electron chi connectivity index (χ3n) is 5.28. The van der Waals surface area contributed by atoms with Crippen molar-refractivity contribution in [3.63, 3.8) is 0 Å². The number of aromatic nitrogens is 3. The lowest BCUT2D eigenvalue weighted by Gasteiger charge is -2.10. The topological polar surface area (TPSA) is 47.8 Å². The Morgan fingerprint density at radius 1 is 1.03 bits per heavy atom. The summed E-state index contributed by atoms with van der Waals surface area (Å²) in [5.41, 5.74) is 5.29. The third kappa shape index (κ3) is 3.25. The van der Waals surface area contributed by atoms with Crippen LogP contribution >= 0.6 is 0 Å². The molecule has 0 spiro atoms. The molecule has 4 nitrogen and oxygen atoms in total. The Morgan fingerprint density at radius 2 is 1.90 bits per heavy atom. The lowest BCUT2D eigenvalue weighted by atomic mass is 9.95. The standard InChI is InChI=1S/C24H18FN3O/c25-18-7-9-20(10-8-18)28-23-13-16-4-3-6-24(29)22(14-19-5-1-2-11-26-19)21(16)12-17(23)15-27-28/h1-2,5,7-15H,3-4,6H2. The monoisotopic (exact) mass is 383 g/mol. The smallest absolute Gasteiger partial charge is 0.163 e. The molecule has 2 heterocycles. The Balaban J connectivity index is 1.68. The molecule has 0 aliphatic heterocycles. The van der Waals surface area contributed by atoms with Crippen molar-refractivity contribution in [1.29, 1.82) is 0 Å². The van der Waals surface area contributed by atoms with Crippen LogP contribution in [0, 0.1) is 5.82 Å². The van der Waals surface area contributed by atoms with Crippen molar-refractivity contribution in [3.8, 4) is 5.69 Å². The molecule has 5 heteroatoms. The molecule has 29 heavy (non-hydrogen) atoms. The molecule has 0 radical (unpaired) electrons. The van der Waals surface area contributed by atoms with Crippen LogP contribution in [0.4, 0.5) is 4.39 Å². The Bertz CT molecular complexity index is 1240. The summed E-state index contributed by atoms with van der Waals surface area (Å²) >= 11 is 0. The minimum Gasteiger partial charge on any atom is -0.294 e. The summed E-state index contributed by atoms with van der Waals surface area (Å²) < 4.78 is 15.1. The summed E-state index contributed by atoms with van der Waals surface area (Å²) in [7, 11) is 0. The van der Waals surface area contributed by atoms with Crippen LogP contribution in [-0.2, 0) is 11.2 Å². The minimum atomic E-state index is -0.276. The van der Waals surface area contributed by atoms with Crippen LogP contribution in [0.15, 0.2) is 67.0 Å². The average Bonchev–Trinajstić information content (AvgIpc) is 3.09. The first kappa shape index (κ1) is 17.5. The van der Waals surface area contributed by atoms with Crippen molar-refractivity contribution in [3.05, 3.63) is 89.6 Å².